The molecule has 0 bridgehead atoms. The fourth-order valence-electron chi connectivity index (χ4n) is 3.51. The molecule has 1 saturated heterocycles. The number of ether oxygens (including phenoxy) is 1. The van der Waals surface area contributed by atoms with E-state index in [0.717, 1.165) is 19.4 Å². The minimum absolute atomic E-state index is 0.0162. The number of pyridine rings is 1. The molecule has 0 aliphatic carbocycles. The largest absolute Gasteiger partial charge is 0.462 e. The lowest BCUT2D eigenvalue weighted by Gasteiger charge is -2.32. The van der Waals surface area contributed by atoms with E-state index in [2.05, 4.69) is 20.0 Å². The monoisotopic (exact) mass is 396 g/mol. The summed E-state index contributed by atoms with van der Waals surface area (Å²) in [6.07, 6.45) is 3.46. The minimum atomic E-state index is -0.380. The number of carbonyl (C=O) groups excluding carboxylic acids is 1. The number of anilines is 1. The van der Waals surface area contributed by atoms with E-state index in [4.69, 9.17) is 9.26 Å². The highest BCUT2D eigenvalue weighted by Gasteiger charge is 2.29. The molecule has 1 atom stereocenters. The van der Waals surface area contributed by atoms with Gasteiger partial charge in [-0.1, -0.05) is 5.16 Å². The van der Waals surface area contributed by atoms with Crippen molar-refractivity contribution < 1.29 is 18.4 Å². The van der Waals surface area contributed by atoms with Crippen LogP contribution < -0.4 is 4.90 Å². The second kappa shape index (κ2) is 8.38. The van der Waals surface area contributed by atoms with Gasteiger partial charge in [0.25, 0.3) is 0 Å². The molecular weight excluding hydrogens is 375 g/mol. The maximum atomic E-state index is 13.1. The normalized spacial score (nSPS) is 16.6. The molecule has 4 rings (SSSR count). The van der Waals surface area contributed by atoms with Gasteiger partial charge in [0.2, 0.25) is 11.7 Å². The first-order valence-corrected chi connectivity index (χ1v) is 9.62. The minimum Gasteiger partial charge on any atom is -0.462 e. The van der Waals surface area contributed by atoms with Gasteiger partial charge in [0.1, 0.15) is 17.2 Å². The zero-order valence-electron chi connectivity index (χ0n) is 16.0. The van der Waals surface area contributed by atoms with Gasteiger partial charge in [-0.2, -0.15) is 4.98 Å². The molecule has 3 aromatic rings. The molecule has 0 N–H and O–H groups in total. The number of halogens is 1. The number of esters is 1. The van der Waals surface area contributed by atoms with Crippen LogP contribution >= 0.6 is 0 Å². The van der Waals surface area contributed by atoms with Crippen molar-refractivity contribution in [3.8, 4) is 11.4 Å². The predicted molar refractivity (Wildman–Crippen MR) is 104 cm³/mol. The number of rotatable bonds is 5. The van der Waals surface area contributed by atoms with Crippen LogP contribution in [0, 0.1) is 5.82 Å². The van der Waals surface area contributed by atoms with Crippen LogP contribution in [0.2, 0.25) is 0 Å². The zero-order chi connectivity index (χ0) is 20.2. The Kier molecular flexibility index (Phi) is 5.50. The van der Waals surface area contributed by atoms with Crippen molar-refractivity contribution in [2.45, 2.75) is 25.7 Å². The maximum absolute atomic E-state index is 13.1. The van der Waals surface area contributed by atoms with Crippen LogP contribution in [0.1, 0.15) is 41.9 Å². The zero-order valence-corrected chi connectivity index (χ0v) is 16.0. The van der Waals surface area contributed by atoms with Crippen LogP contribution in [0.5, 0.6) is 0 Å². The molecule has 1 aliphatic rings. The molecule has 29 heavy (non-hydrogen) atoms. The molecule has 0 saturated carbocycles. The van der Waals surface area contributed by atoms with Crippen molar-refractivity contribution in [1.29, 1.82) is 0 Å². The molecule has 1 aromatic carbocycles. The lowest BCUT2D eigenvalue weighted by Crippen LogP contribution is -2.36. The molecule has 2 aromatic heterocycles. The van der Waals surface area contributed by atoms with E-state index in [0.29, 0.717) is 41.8 Å². The Hall–Kier alpha value is -3.29. The molecule has 0 spiro atoms. The number of carbonyl (C=O) groups is 1. The Balaban J connectivity index is 1.54. The third kappa shape index (κ3) is 4.11. The first-order valence-electron chi connectivity index (χ1n) is 9.62. The number of aromatic nitrogens is 3. The fraction of sp³-hybridized carbons (Fsp3) is 0.333. The highest BCUT2D eigenvalue weighted by Crippen LogP contribution is 2.31. The van der Waals surface area contributed by atoms with Crippen LogP contribution in [-0.4, -0.2) is 40.8 Å². The van der Waals surface area contributed by atoms with E-state index >= 15 is 0 Å². The van der Waals surface area contributed by atoms with Crippen LogP contribution in [-0.2, 0) is 4.74 Å². The lowest BCUT2D eigenvalue weighted by molar-refractivity contribution is 0.0526. The number of piperidine rings is 1. The number of hydrogen-bond donors (Lipinski definition) is 0. The first-order chi connectivity index (χ1) is 14.2. The number of hydrogen-bond acceptors (Lipinski definition) is 7. The lowest BCUT2D eigenvalue weighted by atomic mass is 9.97. The van der Waals surface area contributed by atoms with Crippen molar-refractivity contribution in [2.75, 3.05) is 24.6 Å². The van der Waals surface area contributed by atoms with Crippen LogP contribution in [0.4, 0.5) is 10.2 Å². The van der Waals surface area contributed by atoms with Gasteiger partial charge in [-0.15, -0.1) is 0 Å². The highest BCUT2D eigenvalue weighted by atomic mass is 19.1. The summed E-state index contributed by atoms with van der Waals surface area (Å²) < 4.78 is 23.8. The predicted octanol–water partition coefficient (Wildman–Crippen LogP) is 3.83. The number of nitrogens with zero attached hydrogens (tertiary/aromatic N) is 4. The average molecular weight is 396 g/mol. The van der Waals surface area contributed by atoms with Gasteiger partial charge in [-0.3, -0.25) is 0 Å². The third-order valence-corrected chi connectivity index (χ3v) is 4.90. The van der Waals surface area contributed by atoms with E-state index < -0.39 is 0 Å². The first kappa shape index (κ1) is 19.0. The molecule has 1 unspecified atom stereocenters. The Morgan fingerprint density at radius 3 is 2.93 bits per heavy atom. The molecule has 7 nitrogen and oxygen atoms in total. The topological polar surface area (TPSA) is 81.4 Å². The van der Waals surface area contributed by atoms with Crippen LogP contribution in [0.25, 0.3) is 11.4 Å². The van der Waals surface area contributed by atoms with E-state index in [-0.39, 0.29) is 17.7 Å². The smallest absolute Gasteiger partial charge is 0.341 e. The summed E-state index contributed by atoms with van der Waals surface area (Å²) >= 11 is 0. The molecule has 1 fully saturated rings. The van der Waals surface area contributed by atoms with Gasteiger partial charge in [-0.25, -0.2) is 14.2 Å². The second-order valence-electron chi connectivity index (χ2n) is 6.84. The second-order valence-corrected chi connectivity index (χ2v) is 6.84. The van der Waals surface area contributed by atoms with Crippen molar-refractivity contribution >= 4 is 11.8 Å². The summed E-state index contributed by atoms with van der Waals surface area (Å²) in [5.41, 5.74) is 1.15. The van der Waals surface area contributed by atoms with E-state index in [1.165, 1.54) is 12.1 Å². The molecule has 3 heterocycles. The summed E-state index contributed by atoms with van der Waals surface area (Å²) in [4.78, 5) is 23.3. The SMILES string of the molecule is CCOC(=O)c1cccnc1N1CCCC(c2nc(-c3ccc(F)cc3)no2)C1. The van der Waals surface area contributed by atoms with Gasteiger partial charge in [0.15, 0.2) is 0 Å². The standard InChI is InChI=1S/C21H21FN4O3/c1-2-28-21(27)17-6-3-11-23-19(17)26-12-4-5-15(13-26)20-24-18(25-29-20)14-7-9-16(22)10-8-14/h3,6-11,15H,2,4-5,12-13H2,1H3. The summed E-state index contributed by atoms with van der Waals surface area (Å²) in [5.74, 6) is 0.892. The molecule has 150 valence electrons. The summed E-state index contributed by atoms with van der Waals surface area (Å²) in [6, 6.07) is 9.43. The van der Waals surface area contributed by atoms with Crippen molar-refractivity contribution in [2.24, 2.45) is 0 Å². The van der Waals surface area contributed by atoms with Gasteiger partial charge >= 0.3 is 5.97 Å². The van der Waals surface area contributed by atoms with Crippen LogP contribution in [0.15, 0.2) is 47.1 Å². The molecule has 1 aliphatic heterocycles. The van der Waals surface area contributed by atoms with E-state index in [9.17, 15) is 9.18 Å². The summed E-state index contributed by atoms with van der Waals surface area (Å²) in [6.45, 7) is 3.47. The van der Waals surface area contributed by atoms with Crippen LogP contribution in [0.3, 0.4) is 0 Å². The molecular formula is C21H21FN4O3. The Morgan fingerprint density at radius 1 is 1.31 bits per heavy atom. The maximum Gasteiger partial charge on any atom is 0.341 e. The fourth-order valence-corrected chi connectivity index (χ4v) is 3.51. The third-order valence-electron chi connectivity index (χ3n) is 4.90. The van der Waals surface area contributed by atoms with Crippen molar-refractivity contribution in [1.82, 2.24) is 15.1 Å². The molecule has 0 amide bonds. The highest BCUT2D eigenvalue weighted by molar-refractivity contribution is 5.94. The average Bonchev–Trinajstić information content (AvgIpc) is 3.25. The molecule has 8 heteroatoms. The van der Waals surface area contributed by atoms with Gasteiger partial charge in [0, 0.05) is 24.8 Å². The van der Waals surface area contributed by atoms with Gasteiger partial charge in [0.05, 0.1) is 12.5 Å². The van der Waals surface area contributed by atoms with Crippen molar-refractivity contribution in [3.63, 3.8) is 0 Å². The number of benzene rings is 1. The Morgan fingerprint density at radius 2 is 2.14 bits per heavy atom. The van der Waals surface area contributed by atoms with E-state index in [1.807, 2.05) is 0 Å². The Bertz CT molecular complexity index is 990. The Labute approximate surface area is 167 Å². The molecule has 0 radical (unpaired) electrons. The van der Waals surface area contributed by atoms with Gasteiger partial charge < -0.3 is 14.2 Å². The quantitative estimate of drug-likeness (QED) is 0.606. The summed E-state index contributed by atoms with van der Waals surface area (Å²) in [7, 11) is 0. The van der Waals surface area contributed by atoms with Crippen molar-refractivity contribution in [3.05, 3.63) is 59.9 Å². The summed E-state index contributed by atoms with van der Waals surface area (Å²) in [5, 5.41) is 4.04. The van der Waals surface area contributed by atoms with Gasteiger partial charge in [-0.05, 0) is 56.2 Å². The van der Waals surface area contributed by atoms with E-state index in [1.54, 1.807) is 37.4 Å².